The van der Waals surface area contributed by atoms with Gasteiger partial charge in [0.1, 0.15) is 0 Å². The number of fused-ring (bicyclic) bond motifs is 9. The lowest BCUT2D eigenvalue weighted by Gasteiger charge is -2.14. The van der Waals surface area contributed by atoms with Gasteiger partial charge < -0.3 is 13.7 Å². The molecule has 0 amide bonds. The number of para-hydroxylation sites is 3. The van der Waals surface area contributed by atoms with Crippen molar-refractivity contribution in [1.82, 2.24) is 28.7 Å². The third kappa shape index (κ3) is 8.15. The molecule has 0 atom stereocenters. The van der Waals surface area contributed by atoms with Gasteiger partial charge in [-0.1, -0.05) is 207 Å². The molecule has 11 aromatic carbocycles. The van der Waals surface area contributed by atoms with Crippen LogP contribution >= 0.6 is 0 Å². The Bertz CT molecular complexity index is 4980. The monoisotopic (exact) mass is 1050 g/mol. The van der Waals surface area contributed by atoms with Crippen molar-refractivity contribution < 1.29 is 0 Å². The van der Waals surface area contributed by atoms with Crippen LogP contribution in [0.3, 0.4) is 0 Å². The van der Waals surface area contributed by atoms with Gasteiger partial charge in [0.2, 0.25) is 0 Å². The molecule has 15 rings (SSSR count). The van der Waals surface area contributed by atoms with Crippen molar-refractivity contribution in [3.63, 3.8) is 0 Å². The molecule has 0 aliphatic carbocycles. The minimum atomic E-state index is 0.613. The molecule has 0 saturated carbocycles. The van der Waals surface area contributed by atoms with Gasteiger partial charge in [-0.3, -0.25) is 0 Å². The molecule has 0 spiro atoms. The SMILES string of the molecule is C=C/C(=C\C(=C/C)n1c2ccc(-c3ccccc3)cc2c2cc(-c3ccc4c(c3)c3ccccc3n4-c3ccccc3)ccc21)n1c2ccccc2c2c(-c3cccc(-c4nc(-c5ccccc5)nc(-c5ccccc5)n4)c3)cccc21. The molecule has 6 heteroatoms. The highest BCUT2D eigenvalue weighted by Crippen LogP contribution is 2.43. The van der Waals surface area contributed by atoms with E-state index in [9.17, 15) is 0 Å². The van der Waals surface area contributed by atoms with Crippen molar-refractivity contribution in [2.45, 2.75) is 6.92 Å². The zero-order valence-electron chi connectivity index (χ0n) is 45.0. The highest BCUT2D eigenvalue weighted by atomic mass is 15.0. The van der Waals surface area contributed by atoms with E-state index in [1.54, 1.807) is 0 Å². The van der Waals surface area contributed by atoms with E-state index in [-0.39, 0.29) is 0 Å². The van der Waals surface area contributed by atoms with Gasteiger partial charge in [-0.2, -0.15) is 0 Å². The lowest BCUT2D eigenvalue weighted by Crippen LogP contribution is -2.00. The van der Waals surface area contributed by atoms with E-state index in [0.717, 1.165) is 83.3 Å². The Balaban J connectivity index is 0.867. The lowest BCUT2D eigenvalue weighted by molar-refractivity contribution is 1.07. The molecule has 0 bridgehead atoms. The van der Waals surface area contributed by atoms with Gasteiger partial charge in [0.25, 0.3) is 0 Å². The highest BCUT2D eigenvalue weighted by molar-refractivity contribution is 6.18. The molecule has 0 saturated heterocycles. The van der Waals surface area contributed by atoms with Crippen LogP contribution in [0.25, 0.3) is 150 Å². The molecule has 0 N–H and O–H groups in total. The smallest absolute Gasteiger partial charge is 0.164 e. The number of aromatic nitrogens is 6. The summed E-state index contributed by atoms with van der Waals surface area (Å²) < 4.78 is 7.16. The van der Waals surface area contributed by atoms with Crippen LogP contribution in [0, 0.1) is 0 Å². The highest BCUT2D eigenvalue weighted by Gasteiger charge is 2.21. The van der Waals surface area contributed by atoms with Gasteiger partial charge >= 0.3 is 0 Å². The predicted octanol–water partition coefficient (Wildman–Crippen LogP) is 19.8. The number of allylic oxidation sites excluding steroid dienone is 5. The molecule has 0 aliphatic rings. The van der Waals surface area contributed by atoms with E-state index < -0.39 is 0 Å². The fourth-order valence-electron chi connectivity index (χ4n) is 12.2. The Hall–Kier alpha value is -11.0. The Morgan fingerprint density at radius 1 is 0.329 bits per heavy atom. The quantitative estimate of drug-likeness (QED) is 0.121. The number of hydrogen-bond donors (Lipinski definition) is 0. The standard InChI is InChI=1S/C76H52N6/c1-3-58(80-70-42-39-53(50-23-9-5-10-24-50)46-65(70)66-48-55(41-44-71(66)80)54-40-43-69-64(47-54)62-33-17-19-36-67(62)82(69)60-31-15-8-16-32-60)49-59(4-2)81-68-37-20-18-34-63(68)73-61(35-22-38-72(73)81)56-29-21-30-57(45-56)76-78-74(51-25-11-6-12-26-51)77-75(79-76)52-27-13-7-14-28-52/h3-49H,2H2,1H3/b58-3+,59-49+. The minimum absolute atomic E-state index is 0.613. The summed E-state index contributed by atoms with van der Waals surface area (Å²) in [5.74, 6) is 1.87. The number of nitrogens with zero attached hydrogens (tertiary/aromatic N) is 6. The van der Waals surface area contributed by atoms with Crippen LogP contribution in [0.1, 0.15) is 6.92 Å². The first-order valence-electron chi connectivity index (χ1n) is 27.8. The van der Waals surface area contributed by atoms with Crippen molar-refractivity contribution >= 4 is 76.8 Å². The molecule has 0 radical (unpaired) electrons. The summed E-state index contributed by atoms with van der Waals surface area (Å²) in [6, 6.07) is 95.0. The molecule has 82 heavy (non-hydrogen) atoms. The zero-order valence-corrected chi connectivity index (χ0v) is 45.0. The van der Waals surface area contributed by atoms with Crippen molar-refractivity contribution in [3.05, 3.63) is 292 Å². The Morgan fingerprint density at radius 3 is 1.37 bits per heavy atom. The Morgan fingerprint density at radius 2 is 0.756 bits per heavy atom. The number of hydrogen-bond acceptors (Lipinski definition) is 3. The van der Waals surface area contributed by atoms with Gasteiger partial charge in [0.05, 0.1) is 33.1 Å². The summed E-state index contributed by atoms with van der Waals surface area (Å²) >= 11 is 0. The molecular weight excluding hydrogens is 997 g/mol. The number of rotatable bonds is 11. The van der Waals surface area contributed by atoms with E-state index in [4.69, 9.17) is 15.0 Å². The first kappa shape index (κ1) is 48.2. The third-order valence-corrected chi connectivity index (χ3v) is 16.0. The zero-order chi connectivity index (χ0) is 54.7. The van der Waals surface area contributed by atoms with Crippen molar-refractivity contribution in [2.75, 3.05) is 0 Å². The average molecular weight is 1050 g/mol. The van der Waals surface area contributed by atoms with Crippen LogP contribution in [0.4, 0.5) is 0 Å². The fourth-order valence-corrected chi connectivity index (χ4v) is 12.2. The second-order valence-corrected chi connectivity index (χ2v) is 20.7. The van der Waals surface area contributed by atoms with Gasteiger partial charge in [-0.05, 0) is 125 Å². The lowest BCUT2D eigenvalue weighted by atomic mass is 9.97. The molecule has 386 valence electrons. The normalized spacial score (nSPS) is 12.2. The van der Waals surface area contributed by atoms with Crippen LogP contribution in [0.15, 0.2) is 292 Å². The van der Waals surface area contributed by atoms with Gasteiger partial charge in [-0.25, -0.2) is 15.0 Å². The largest absolute Gasteiger partial charge is 0.310 e. The fraction of sp³-hybridized carbons (Fsp3) is 0.0132. The van der Waals surface area contributed by atoms with Gasteiger partial charge in [0, 0.05) is 66.1 Å². The minimum Gasteiger partial charge on any atom is -0.310 e. The maximum atomic E-state index is 5.09. The molecule has 4 aromatic heterocycles. The van der Waals surface area contributed by atoms with E-state index in [1.807, 2.05) is 66.7 Å². The molecule has 0 unspecified atom stereocenters. The summed E-state index contributed by atoms with van der Waals surface area (Å²) in [5, 5.41) is 7.11. The maximum absolute atomic E-state index is 5.09. The molecule has 6 nitrogen and oxygen atoms in total. The summed E-state index contributed by atoms with van der Waals surface area (Å²) in [5.41, 5.74) is 19.5. The Kier molecular flexibility index (Phi) is 11.8. The van der Waals surface area contributed by atoms with Crippen LogP contribution in [-0.2, 0) is 0 Å². The van der Waals surface area contributed by atoms with Crippen molar-refractivity contribution in [1.29, 1.82) is 0 Å². The van der Waals surface area contributed by atoms with Crippen LogP contribution in [0.2, 0.25) is 0 Å². The first-order chi connectivity index (χ1) is 40.6. The predicted molar refractivity (Wildman–Crippen MR) is 344 cm³/mol. The summed E-state index contributed by atoms with van der Waals surface area (Å²) in [6.45, 7) is 6.64. The number of benzene rings is 11. The molecular formula is C76H52N6. The third-order valence-electron chi connectivity index (χ3n) is 16.0. The van der Waals surface area contributed by atoms with Gasteiger partial charge in [-0.15, -0.1) is 0 Å². The van der Waals surface area contributed by atoms with E-state index in [2.05, 4.69) is 246 Å². The van der Waals surface area contributed by atoms with E-state index in [0.29, 0.717) is 17.5 Å². The first-order valence-corrected chi connectivity index (χ1v) is 27.8. The Labute approximate surface area is 474 Å². The van der Waals surface area contributed by atoms with Crippen molar-refractivity contribution in [2.24, 2.45) is 0 Å². The average Bonchev–Trinajstić information content (AvgIpc) is 4.02. The molecule has 4 heterocycles. The van der Waals surface area contributed by atoms with Crippen molar-refractivity contribution in [3.8, 4) is 73.2 Å². The van der Waals surface area contributed by atoms with E-state index >= 15 is 0 Å². The van der Waals surface area contributed by atoms with Gasteiger partial charge in [0.15, 0.2) is 17.5 Å². The maximum Gasteiger partial charge on any atom is 0.164 e. The summed E-state index contributed by atoms with van der Waals surface area (Å²) in [6.07, 6.45) is 6.49. The molecule has 15 aromatic rings. The second-order valence-electron chi connectivity index (χ2n) is 20.7. The summed E-state index contributed by atoms with van der Waals surface area (Å²) in [7, 11) is 0. The molecule has 0 aliphatic heterocycles. The van der Waals surface area contributed by atoms with Crippen LogP contribution < -0.4 is 0 Å². The second kappa shape index (κ2) is 20.1. The topological polar surface area (TPSA) is 53.5 Å². The van der Waals surface area contributed by atoms with Crippen LogP contribution in [0.5, 0.6) is 0 Å². The molecule has 0 fully saturated rings. The van der Waals surface area contributed by atoms with Crippen LogP contribution in [-0.4, -0.2) is 28.7 Å². The van der Waals surface area contributed by atoms with E-state index in [1.165, 1.54) is 49.3 Å². The summed E-state index contributed by atoms with van der Waals surface area (Å²) in [4.78, 5) is 15.1.